The molecule has 0 unspecified atom stereocenters. The number of hydrogen-bond acceptors (Lipinski definition) is 6. The molecule has 53 heavy (non-hydrogen) atoms. The molecule has 1 aromatic heterocycles. The molecule has 3 saturated carbocycles. The summed E-state index contributed by atoms with van der Waals surface area (Å²) in [5.74, 6) is 6.03. The van der Waals surface area contributed by atoms with E-state index in [0.717, 1.165) is 59.2 Å². The number of carbonyl (C=O) groups is 1. The first-order valence-electron chi connectivity index (χ1n) is 20.4. The number of fused-ring (bicyclic) bond motifs is 6. The van der Waals surface area contributed by atoms with E-state index >= 15 is 0 Å². The highest BCUT2D eigenvalue weighted by molar-refractivity contribution is 9.10. The van der Waals surface area contributed by atoms with Crippen LogP contribution in [0.5, 0.6) is 17.2 Å². The lowest BCUT2D eigenvalue weighted by atomic mass is 9.44. The van der Waals surface area contributed by atoms with E-state index in [-0.39, 0.29) is 35.3 Å². The maximum Gasteiger partial charge on any atom is 0.344 e. The molecule has 7 heteroatoms. The summed E-state index contributed by atoms with van der Waals surface area (Å²) in [6.07, 6.45) is 17.5. The highest BCUT2D eigenvalue weighted by atomic mass is 79.9. The van der Waals surface area contributed by atoms with Crippen molar-refractivity contribution in [3.05, 3.63) is 74.6 Å². The van der Waals surface area contributed by atoms with Gasteiger partial charge in [0.1, 0.15) is 28.9 Å². The molecule has 7 rings (SSSR count). The van der Waals surface area contributed by atoms with Gasteiger partial charge in [-0.25, -0.2) is 4.79 Å². The van der Waals surface area contributed by atoms with E-state index in [0.29, 0.717) is 33.6 Å². The Hall–Kier alpha value is -3.06. The van der Waals surface area contributed by atoms with Gasteiger partial charge in [-0.05, 0) is 141 Å². The van der Waals surface area contributed by atoms with Gasteiger partial charge in [0.15, 0.2) is 6.61 Å². The summed E-state index contributed by atoms with van der Waals surface area (Å²) in [5.41, 5.74) is 2.32. The second-order valence-electron chi connectivity index (χ2n) is 18.0. The first kappa shape index (κ1) is 38.2. The third-order valence-electron chi connectivity index (χ3n) is 14.1. The van der Waals surface area contributed by atoms with Crippen LogP contribution in [0.1, 0.15) is 117 Å². The predicted molar refractivity (Wildman–Crippen MR) is 214 cm³/mol. The molecule has 0 saturated heterocycles. The SMILES string of the molecule is Cc1oc2cc(OCC(=O)O[C@H]3CC[C@]4(C)C(=CC[C@H]5[C@H]6CC[C@@H]([C@@H](C)CCCC(C)C)C[C@]6(C)CC[C@H]54)C3)ccc2c(=O)c1Oc1ccc(Br)cc1. The van der Waals surface area contributed by atoms with Crippen LogP contribution in [0.3, 0.4) is 0 Å². The van der Waals surface area contributed by atoms with Gasteiger partial charge in [-0.2, -0.15) is 0 Å². The molecule has 4 aliphatic carbocycles. The number of rotatable bonds is 11. The summed E-state index contributed by atoms with van der Waals surface area (Å²) in [6.45, 7) is 13.9. The highest BCUT2D eigenvalue weighted by Gasteiger charge is 2.56. The first-order valence-corrected chi connectivity index (χ1v) is 21.1. The Bertz CT molecular complexity index is 1880. The molecule has 6 nitrogen and oxygen atoms in total. The summed E-state index contributed by atoms with van der Waals surface area (Å²) in [5, 5.41) is 0.378. The van der Waals surface area contributed by atoms with Crippen molar-refractivity contribution in [2.45, 2.75) is 125 Å². The number of benzene rings is 2. The number of aryl methyl sites for hydroxylation is 1. The van der Waals surface area contributed by atoms with Crippen LogP contribution in [0.15, 0.2) is 67.8 Å². The molecule has 1 heterocycles. The zero-order valence-electron chi connectivity index (χ0n) is 32.7. The zero-order chi connectivity index (χ0) is 37.5. The summed E-state index contributed by atoms with van der Waals surface area (Å²) < 4.78 is 24.6. The van der Waals surface area contributed by atoms with Crippen molar-refractivity contribution >= 4 is 32.9 Å². The minimum absolute atomic E-state index is 0.120. The molecule has 0 radical (unpaired) electrons. The Morgan fingerprint density at radius 1 is 0.962 bits per heavy atom. The first-order chi connectivity index (χ1) is 25.3. The monoisotopic (exact) mass is 786 g/mol. The van der Waals surface area contributed by atoms with E-state index in [2.05, 4.69) is 56.6 Å². The molecule has 2 aromatic carbocycles. The van der Waals surface area contributed by atoms with Crippen LogP contribution in [0.4, 0.5) is 0 Å². The molecule has 0 aliphatic heterocycles. The minimum Gasteiger partial charge on any atom is -0.482 e. The number of ether oxygens (including phenoxy) is 3. The maximum absolute atomic E-state index is 13.3. The quantitative estimate of drug-likeness (QED) is 0.142. The summed E-state index contributed by atoms with van der Waals surface area (Å²) in [4.78, 5) is 26.3. The lowest BCUT2D eigenvalue weighted by molar-refractivity contribution is -0.154. The third-order valence-corrected chi connectivity index (χ3v) is 14.6. The summed E-state index contributed by atoms with van der Waals surface area (Å²) >= 11 is 3.41. The second-order valence-corrected chi connectivity index (χ2v) is 18.9. The van der Waals surface area contributed by atoms with Gasteiger partial charge < -0.3 is 18.6 Å². The summed E-state index contributed by atoms with van der Waals surface area (Å²) in [6, 6.07) is 12.2. The summed E-state index contributed by atoms with van der Waals surface area (Å²) in [7, 11) is 0. The van der Waals surface area contributed by atoms with Crippen molar-refractivity contribution < 1.29 is 23.4 Å². The molecule has 286 valence electrons. The molecule has 0 bridgehead atoms. The van der Waals surface area contributed by atoms with Gasteiger partial charge in [-0.3, -0.25) is 4.79 Å². The molecule has 3 aromatic rings. The number of halogens is 1. The van der Waals surface area contributed by atoms with Crippen LogP contribution in [-0.2, 0) is 9.53 Å². The van der Waals surface area contributed by atoms with Crippen molar-refractivity contribution in [1.29, 1.82) is 0 Å². The van der Waals surface area contributed by atoms with Crippen LogP contribution in [0, 0.1) is 53.3 Å². The molecular formula is C46H59BrO6. The van der Waals surface area contributed by atoms with Crippen LogP contribution in [-0.4, -0.2) is 18.7 Å². The number of carbonyl (C=O) groups excluding carboxylic acids is 1. The Morgan fingerprint density at radius 2 is 1.74 bits per heavy atom. The maximum atomic E-state index is 13.3. The van der Waals surface area contributed by atoms with Crippen LogP contribution >= 0.6 is 15.9 Å². The molecule has 4 aliphatic rings. The molecular weight excluding hydrogens is 728 g/mol. The van der Waals surface area contributed by atoms with Crippen molar-refractivity contribution in [2.75, 3.05) is 6.61 Å². The average Bonchev–Trinajstić information content (AvgIpc) is 3.12. The fraction of sp³-hybridized carbons (Fsp3) is 0.609. The Labute approximate surface area is 324 Å². The van der Waals surface area contributed by atoms with Gasteiger partial charge >= 0.3 is 5.97 Å². The van der Waals surface area contributed by atoms with Crippen LogP contribution < -0.4 is 14.9 Å². The van der Waals surface area contributed by atoms with Gasteiger partial charge in [0.05, 0.1) is 5.39 Å². The van der Waals surface area contributed by atoms with Crippen LogP contribution in [0.25, 0.3) is 11.0 Å². The van der Waals surface area contributed by atoms with E-state index in [9.17, 15) is 9.59 Å². The Morgan fingerprint density at radius 3 is 2.51 bits per heavy atom. The van der Waals surface area contributed by atoms with Crippen molar-refractivity contribution in [1.82, 2.24) is 0 Å². The Kier molecular flexibility index (Phi) is 11.2. The third kappa shape index (κ3) is 8.02. The van der Waals surface area contributed by atoms with E-state index in [1.54, 1.807) is 37.3 Å². The average molecular weight is 788 g/mol. The van der Waals surface area contributed by atoms with Crippen LogP contribution in [0.2, 0.25) is 0 Å². The number of esters is 1. The standard InChI is InChI=1S/C46H59BrO6/c1-28(2)8-7-9-29(3)31-10-19-39-37-17-11-32-24-36(20-23-46(32,6)40(37)21-22-45(39,5)26-31)52-42(48)27-50-35-16-18-38-41(25-35)51-30(4)44(43(38)49)53-34-14-12-33(47)13-15-34/h11-16,18,25,28-29,31,36-37,39-40H,7-10,17,19-24,26-27H2,1-6H3/t29-,31+,36-,37-,39+,40+,45-,46+/m0/s1. The molecule has 0 N–H and O–H groups in total. The fourth-order valence-corrected chi connectivity index (χ4v) is 11.3. The van der Waals surface area contributed by atoms with Gasteiger partial charge in [0.2, 0.25) is 11.2 Å². The van der Waals surface area contributed by atoms with Gasteiger partial charge in [-0.15, -0.1) is 0 Å². The van der Waals surface area contributed by atoms with Crippen molar-refractivity contribution in [3.63, 3.8) is 0 Å². The second kappa shape index (κ2) is 15.6. The highest BCUT2D eigenvalue weighted by Crippen LogP contribution is 2.65. The largest absolute Gasteiger partial charge is 0.482 e. The molecule has 8 atom stereocenters. The normalized spacial score (nSPS) is 30.1. The zero-order valence-corrected chi connectivity index (χ0v) is 34.3. The topological polar surface area (TPSA) is 75.0 Å². The van der Waals surface area contributed by atoms with E-state index in [4.69, 9.17) is 18.6 Å². The van der Waals surface area contributed by atoms with Gasteiger partial charge in [0.25, 0.3) is 0 Å². The number of allylic oxidation sites excluding steroid dienone is 1. The van der Waals surface area contributed by atoms with E-state index in [1.165, 1.54) is 63.4 Å². The van der Waals surface area contributed by atoms with E-state index < -0.39 is 0 Å². The lowest BCUT2D eigenvalue weighted by Gasteiger charge is -2.61. The van der Waals surface area contributed by atoms with E-state index in [1.807, 2.05) is 12.1 Å². The number of hydrogen-bond donors (Lipinski definition) is 0. The Balaban J connectivity index is 0.932. The van der Waals surface area contributed by atoms with Crippen molar-refractivity contribution in [3.8, 4) is 17.2 Å². The van der Waals surface area contributed by atoms with Crippen molar-refractivity contribution in [2.24, 2.45) is 46.3 Å². The minimum atomic E-state index is -0.368. The predicted octanol–water partition coefficient (Wildman–Crippen LogP) is 12.4. The molecule has 0 amide bonds. The smallest absolute Gasteiger partial charge is 0.344 e. The lowest BCUT2D eigenvalue weighted by Crippen LogP contribution is -2.52. The van der Waals surface area contributed by atoms with Gasteiger partial charge in [0, 0.05) is 17.0 Å². The molecule has 3 fully saturated rings. The van der Waals surface area contributed by atoms with Gasteiger partial charge in [-0.1, -0.05) is 81.5 Å². The fourth-order valence-electron chi connectivity index (χ4n) is 11.1. The molecule has 0 spiro atoms.